The third-order valence-corrected chi connectivity index (χ3v) is 9.71. The first-order chi connectivity index (χ1) is 31.1. The van der Waals surface area contributed by atoms with Gasteiger partial charge in [0.15, 0.2) is 0 Å². The summed E-state index contributed by atoms with van der Waals surface area (Å²) in [5.41, 5.74) is 3.14. The summed E-state index contributed by atoms with van der Waals surface area (Å²) >= 11 is 0. The zero-order chi connectivity index (χ0) is 45.8. The maximum Gasteiger partial charge on any atom is 0.323 e. The predicted molar refractivity (Wildman–Crippen MR) is 236 cm³/mol. The molecule has 0 heterocycles. The van der Waals surface area contributed by atoms with E-state index in [9.17, 15) is 28.8 Å². The van der Waals surface area contributed by atoms with Gasteiger partial charge in [0.1, 0.15) is 32.5 Å². The van der Waals surface area contributed by atoms with Gasteiger partial charge in [-0.2, -0.15) is 0 Å². The Morgan fingerprint density at radius 2 is 0.719 bits per heavy atom. The summed E-state index contributed by atoms with van der Waals surface area (Å²) in [6.45, 7) is 2.71. The van der Waals surface area contributed by atoms with Gasteiger partial charge in [-0.05, 0) is 42.5 Å². The summed E-state index contributed by atoms with van der Waals surface area (Å²) in [4.78, 5) is 84.2. The topological polar surface area (TPSA) is 168 Å². The number of hydrogen-bond donors (Lipinski definition) is 0. The van der Waals surface area contributed by atoms with Crippen LogP contribution in [-0.2, 0) is 83.6 Å². The molecule has 0 aliphatic heterocycles. The van der Waals surface area contributed by atoms with Gasteiger partial charge in [-0.25, -0.2) is 0 Å². The van der Waals surface area contributed by atoms with E-state index in [2.05, 4.69) is 0 Å². The van der Waals surface area contributed by atoms with E-state index >= 15 is 0 Å². The molecule has 0 aliphatic rings. The highest BCUT2D eigenvalue weighted by molar-refractivity contribution is 5.78. The number of nitrogens with zero attached hydrogens (tertiary/aromatic N) is 3. The van der Waals surface area contributed by atoms with Gasteiger partial charge in [0.25, 0.3) is 0 Å². The van der Waals surface area contributed by atoms with Gasteiger partial charge in [-0.3, -0.25) is 43.5 Å². The van der Waals surface area contributed by atoms with E-state index in [0.717, 1.165) is 22.3 Å². The Morgan fingerprint density at radius 1 is 0.406 bits per heavy atom. The molecule has 0 aliphatic carbocycles. The minimum absolute atomic E-state index is 0.00807. The highest BCUT2D eigenvalue weighted by Gasteiger charge is 2.30. The second kappa shape index (κ2) is 29.0. The molecule has 0 aromatic heterocycles. The summed E-state index contributed by atoms with van der Waals surface area (Å²) in [7, 11) is 0. The van der Waals surface area contributed by atoms with E-state index in [0.29, 0.717) is 0 Å². The van der Waals surface area contributed by atoms with Gasteiger partial charge in [0, 0.05) is 32.6 Å². The Labute approximate surface area is 375 Å². The SMILES string of the molecule is CCOC(=O)CC[C@@H](C(=O)OCC)N(CCN(CC(=O)OCc1ccccc1)CC(=O)OCc1ccccc1)CCN(CC(=O)OCc1ccccc1)CC(=O)OCc1ccccc1. The van der Waals surface area contributed by atoms with Crippen LogP contribution in [0.3, 0.4) is 0 Å². The standard InChI is InChI=1S/C49H59N3O12/c1-3-59-44(53)26-25-43(49(58)60-4-2)52(29-27-50(31-45(54)61-35-39-17-9-5-10-18-39)32-46(55)62-36-40-19-11-6-12-20-40)30-28-51(33-47(56)63-37-41-21-13-7-14-22-41)34-48(57)64-38-42-23-15-8-16-24-42/h5-24,43H,3-4,25-38H2,1-2H3/t43-/m0/s1. The minimum atomic E-state index is -1.00. The van der Waals surface area contributed by atoms with Crippen LogP contribution in [0.25, 0.3) is 0 Å². The Bertz CT molecular complexity index is 1770. The molecule has 0 saturated carbocycles. The van der Waals surface area contributed by atoms with Crippen LogP contribution in [-0.4, -0.2) is 122 Å². The van der Waals surface area contributed by atoms with Crippen LogP contribution in [0.1, 0.15) is 48.9 Å². The maximum atomic E-state index is 13.7. The first-order valence-electron chi connectivity index (χ1n) is 21.4. The molecule has 1 atom stereocenters. The summed E-state index contributed by atoms with van der Waals surface area (Å²) < 4.78 is 32.9. The normalized spacial score (nSPS) is 11.5. The molecule has 15 nitrogen and oxygen atoms in total. The van der Waals surface area contributed by atoms with Crippen LogP contribution < -0.4 is 0 Å². The number of carbonyl (C=O) groups excluding carboxylic acids is 6. The van der Waals surface area contributed by atoms with E-state index in [1.807, 2.05) is 121 Å². The van der Waals surface area contributed by atoms with Crippen molar-refractivity contribution in [2.45, 2.75) is 59.2 Å². The quantitative estimate of drug-likeness (QED) is 0.0519. The lowest BCUT2D eigenvalue weighted by Crippen LogP contribution is -2.50. The van der Waals surface area contributed by atoms with E-state index in [1.54, 1.807) is 28.5 Å². The molecular formula is C49H59N3O12. The van der Waals surface area contributed by atoms with Gasteiger partial charge in [-0.15, -0.1) is 0 Å². The molecule has 0 saturated heterocycles. The maximum absolute atomic E-state index is 13.7. The zero-order valence-corrected chi connectivity index (χ0v) is 36.7. The molecule has 0 bridgehead atoms. The van der Waals surface area contributed by atoms with E-state index in [-0.39, 0.29) is 105 Å². The lowest BCUT2D eigenvalue weighted by molar-refractivity contribution is -0.154. The average molecular weight is 882 g/mol. The first-order valence-corrected chi connectivity index (χ1v) is 21.4. The van der Waals surface area contributed by atoms with E-state index in [1.165, 1.54) is 0 Å². The first kappa shape index (κ1) is 50.2. The zero-order valence-electron chi connectivity index (χ0n) is 36.7. The van der Waals surface area contributed by atoms with Crippen LogP contribution in [0.5, 0.6) is 0 Å². The molecule has 342 valence electrons. The molecule has 4 aromatic carbocycles. The van der Waals surface area contributed by atoms with E-state index < -0.39 is 41.9 Å². The predicted octanol–water partition coefficient (Wildman–Crippen LogP) is 5.14. The van der Waals surface area contributed by atoms with Crippen molar-refractivity contribution in [1.29, 1.82) is 0 Å². The van der Waals surface area contributed by atoms with Gasteiger partial charge in [-0.1, -0.05) is 121 Å². The van der Waals surface area contributed by atoms with Crippen molar-refractivity contribution in [3.05, 3.63) is 144 Å². The molecule has 0 N–H and O–H groups in total. The fourth-order valence-corrected chi connectivity index (χ4v) is 6.43. The second-order valence-corrected chi connectivity index (χ2v) is 14.7. The largest absolute Gasteiger partial charge is 0.466 e. The summed E-state index contributed by atoms with van der Waals surface area (Å²) in [5.74, 6) is -3.49. The number of benzene rings is 4. The van der Waals surface area contributed by atoms with Crippen molar-refractivity contribution >= 4 is 35.8 Å². The van der Waals surface area contributed by atoms with Crippen molar-refractivity contribution < 1.29 is 57.2 Å². The molecule has 0 radical (unpaired) electrons. The molecule has 4 aromatic rings. The van der Waals surface area contributed by atoms with Crippen molar-refractivity contribution in [3.63, 3.8) is 0 Å². The number of carbonyl (C=O) groups is 6. The monoisotopic (exact) mass is 881 g/mol. The number of rotatable bonds is 29. The number of hydrogen-bond acceptors (Lipinski definition) is 15. The Balaban J connectivity index is 1.56. The molecule has 0 unspecified atom stereocenters. The lowest BCUT2D eigenvalue weighted by Gasteiger charge is -2.33. The van der Waals surface area contributed by atoms with Crippen LogP contribution >= 0.6 is 0 Å². The second-order valence-electron chi connectivity index (χ2n) is 14.7. The number of esters is 6. The van der Waals surface area contributed by atoms with Crippen molar-refractivity contribution in [3.8, 4) is 0 Å². The molecular weight excluding hydrogens is 823 g/mol. The Hall–Kier alpha value is -6.42. The van der Waals surface area contributed by atoms with Crippen molar-refractivity contribution in [2.24, 2.45) is 0 Å². The summed E-state index contributed by atoms with van der Waals surface area (Å²) in [6.07, 6.45) is -0.107. The molecule has 64 heavy (non-hydrogen) atoms. The molecule has 4 rings (SSSR count). The third kappa shape index (κ3) is 20.2. The lowest BCUT2D eigenvalue weighted by atomic mass is 10.1. The summed E-state index contributed by atoms with van der Waals surface area (Å²) in [5, 5.41) is 0. The van der Waals surface area contributed by atoms with Crippen molar-refractivity contribution in [1.82, 2.24) is 14.7 Å². The highest BCUT2D eigenvalue weighted by atomic mass is 16.6. The molecule has 0 spiro atoms. The van der Waals surface area contributed by atoms with Crippen LogP contribution in [0.15, 0.2) is 121 Å². The third-order valence-electron chi connectivity index (χ3n) is 9.71. The molecule has 0 amide bonds. The fourth-order valence-electron chi connectivity index (χ4n) is 6.43. The van der Waals surface area contributed by atoms with Crippen LogP contribution in [0.2, 0.25) is 0 Å². The molecule has 0 fully saturated rings. The van der Waals surface area contributed by atoms with Crippen molar-refractivity contribution in [2.75, 3.05) is 65.6 Å². The highest BCUT2D eigenvalue weighted by Crippen LogP contribution is 2.14. The number of ether oxygens (including phenoxy) is 6. The smallest absolute Gasteiger partial charge is 0.323 e. The Morgan fingerprint density at radius 3 is 1.02 bits per heavy atom. The van der Waals surface area contributed by atoms with Gasteiger partial charge >= 0.3 is 35.8 Å². The fraction of sp³-hybridized carbons (Fsp3) is 0.388. The van der Waals surface area contributed by atoms with E-state index in [4.69, 9.17) is 28.4 Å². The minimum Gasteiger partial charge on any atom is -0.466 e. The average Bonchev–Trinajstić information content (AvgIpc) is 3.30. The van der Waals surface area contributed by atoms with Crippen LogP contribution in [0.4, 0.5) is 0 Å². The molecule has 15 heteroatoms. The van der Waals surface area contributed by atoms with Gasteiger partial charge in [0.05, 0.1) is 39.4 Å². The Kier molecular flexibility index (Phi) is 22.8. The van der Waals surface area contributed by atoms with Gasteiger partial charge in [0.2, 0.25) is 0 Å². The summed E-state index contributed by atoms with van der Waals surface area (Å²) in [6, 6.07) is 35.6. The van der Waals surface area contributed by atoms with Crippen LogP contribution in [0, 0.1) is 0 Å². The van der Waals surface area contributed by atoms with Gasteiger partial charge < -0.3 is 28.4 Å².